The van der Waals surface area contributed by atoms with E-state index in [0.29, 0.717) is 6.10 Å². The zero-order valence-electron chi connectivity index (χ0n) is 14.7. The lowest BCUT2D eigenvalue weighted by Crippen LogP contribution is -2.40. The zero-order chi connectivity index (χ0) is 16.8. The van der Waals surface area contributed by atoms with Gasteiger partial charge in [-0.1, -0.05) is 18.2 Å². The molecule has 1 N–H and O–H groups in total. The van der Waals surface area contributed by atoms with Gasteiger partial charge in [-0.3, -0.25) is 4.57 Å². The van der Waals surface area contributed by atoms with Crippen LogP contribution in [-0.4, -0.2) is 53.8 Å². The Labute approximate surface area is 144 Å². The Morgan fingerprint density at radius 2 is 1.96 bits per heavy atom. The Morgan fingerprint density at radius 1 is 1.21 bits per heavy atom. The van der Waals surface area contributed by atoms with Crippen molar-refractivity contribution in [3.05, 3.63) is 48.0 Å². The van der Waals surface area contributed by atoms with Crippen LogP contribution < -0.4 is 5.32 Å². The minimum Gasteiger partial charge on any atom is -0.381 e. The number of methoxy groups -OCH3 is 1. The summed E-state index contributed by atoms with van der Waals surface area (Å²) in [5.74, 6) is 1.03. The van der Waals surface area contributed by atoms with Crippen molar-refractivity contribution in [2.24, 2.45) is 0 Å². The van der Waals surface area contributed by atoms with E-state index in [1.165, 1.54) is 11.4 Å². The van der Waals surface area contributed by atoms with Crippen molar-refractivity contribution in [3.63, 3.8) is 0 Å². The van der Waals surface area contributed by atoms with Crippen molar-refractivity contribution in [1.82, 2.24) is 19.8 Å². The standard InChI is InChI=1S/C19H28N4O/c1-16-21-15-18(23(16)17-6-4-3-5-7-17)14-20-10-13-22-11-8-19(24-2)9-12-22/h3-7,15,19-20H,8-14H2,1-2H3. The van der Waals surface area contributed by atoms with Gasteiger partial charge in [0.25, 0.3) is 0 Å². The Balaban J connectivity index is 1.48. The first-order valence-corrected chi connectivity index (χ1v) is 8.82. The number of piperidine rings is 1. The van der Waals surface area contributed by atoms with Gasteiger partial charge in [0.2, 0.25) is 0 Å². The van der Waals surface area contributed by atoms with Crippen LogP contribution in [0.4, 0.5) is 0 Å². The fraction of sp³-hybridized carbons (Fsp3) is 0.526. The van der Waals surface area contributed by atoms with Gasteiger partial charge in [0.1, 0.15) is 5.82 Å². The summed E-state index contributed by atoms with van der Waals surface area (Å²) in [5, 5.41) is 3.56. The van der Waals surface area contributed by atoms with Crippen molar-refractivity contribution < 1.29 is 4.74 Å². The van der Waals surface area contributed by atoms with Gasteiger partial charge in [-0.05, 0) is 31.9 Å². The predicted octanol–water partition coefficient (Wildman–Crippen LogP) is 2.38. The Bertz CT molecular complexity index is 618. The summed E-state index contributed by atoms with van der Waals surface area (Å²) in [6.07, 6.45) is 4.73. The van der Waals surface area contributed by atoms with Crippen molar-refractivity contribution in [3.8, 4) is 5.69 Å². The number of likely N-dealkylation sites (tertiary alicyclic amines) is 1. The molecular weight excluding hydrogens is 300 g/mol. The smallest absolute Gasteiger partial charge is 0.110 e. The van der Waals surface area contributed by atoms with Gasteiger partial charge in [-0.15, -0.1) is 0 Å². The summed E-state index contributed by atoms with van der Waals surface area (Å²) in [5.41, 5.74) is 2.38. The minimum absolute atomic E-state index is 0.456. The fourth-order valence-corrected chi connectivity index (χ4v) is 3.37. The number of imidazole rings is 1. The Hall–Kier alpha value is -1.69. The lowest BCUT2D eigenvalue weighted by molar-refractivity contribution is 0.0414. The molecule has 1 saturated heterocycles. The van der Waals surface area contributed by atoms with E-state index < -0.39 is 0 Å². The SMILES string of the molecule is COC1CCN(CCNCc2cnc(C)n2-c2ccccc2)CC1. The lowest BCUT2D eigenvalue weighted by Gasteiger charge is -2.31. The molecule has 1 aromatic carbocycles. The second kappa shape index (κ2) is 8.42. The van der Waals surface area contributed by atoms with E-state index in [4.69, 9.17) is 4.74 Å². The molecule has 0 unspecified atom stereocenters. The first kappa shape index (κ1) is 17.1. The average Bonchev–Trinajstić information content (AvgIpc) is 3.00. The molecule has 5 nitrogen and oxygen atoms in total. The number of hydrogen-bond donors (Lipinski definition) is 1. The van der Waals surface area contributed by atoms with Crippen LogP contribution in [0.1, 0.15) is 24.4 Å². The second-order valence-electron chi connectivity index (χ2n) is 6.42. The third-order valence-electron chi connectivity index (χ3n) is 4.80. The third-order valence-corrected chi connectivity index (χ3v) is 4.80. The van der Waals surface area contributed by atoms with E-state index in [-0.39, 0.29) is 0 Å². The van der Waals surface area contributed by atoms with Crippen LogP contribution in [0, 0.1) is 6.92 Å². The molecule has 0 spiro atoms. The number of aryl methyl sites for hydroxylation is 1. The molecule has 0 amide bonds. The molecule has 1 fully saturated rings. The number of ether oxygens (including phenoxy) is 1. The molecule has 0 saturated carbocycles. The molecule has 1 aliphatic rings. The highest BCUT2D eigenvalue weighted by molar-refractivity contribution is 5.35. The highest BCUT2D eigenvalue weighted by atomic mass is 16.5. The third kappa shape index (κ3) is 4.23. The highest BCUT2D eigenvalue weighted by Crippen LogP contribution is 2.14. The summed E-state index contributed by atoms with van der Waals surface area (Å²) in [7, 11) is 1.82. The molecule has 2 aromatic rings. The van der Waals surface area contributed by atoms with Crippen LogP contribution in [0.3, 0.4) is 0 Å². The van der Waals surface area contributed by atoms with Crippen LogP contribution in [0.15, 0.2) is 36.5 Å². The largest absolute Gasteiger partial charge is 0.381 e. The summed E-state index contributed by atoms with van der Waals surface area (Å²) >= 11 is 0. The maximum atomic E-state index is 5.43. The highest BCUT2D eigenvalue weighted by Gasteiger charge is 2.17. The summed E-state index contributed by atoms with van der Waals surface area (Å²) in [4.78, 5) is 6.99. The van der Waals surface area contributed by atoms with Crippen LogP contribution in [0.2, 0.25) is 0 Å². The van der Waals surface area contributed by atoms with Crippen molar-refractivity contribution >= 4 is 0 Å². The molecule has 2 heterocycles. The van der Waals surface area contributed by atoms with Gasteiger partial charge in [0.15, 0.2) is 0 Å². The minimum atomic E-state index is 0.456. The van der Waals surface area contributed by atoms with Gasteiger partial charge in [0, 0.05) is 45.5 Å². The topological polar surface area (TPSA) is 42.3 Å². The molecule has 0 aliphatic carbocycles. The van der Waals surface area contributed by atoms with Gasteiger partial charge in [-0.2, -0.15) is 0 Å². The average molecular weight is 328 g/mol. The van der Waals surface area contributed by atoms with Crippen LogP contribution in [0.5, 0.6) is 0 Å². The van der Waals surface area contributed by atoms with Gasteiger partial charge in [0.05, 0.1) is 18.0 Å². The van der Waals surface area contributed by atoms with E-state index >= 15 is 0 Å². The van der Waals surface area contributed by atoms with Crippen molar-refractivity contribution in [2.75, 3.05) is 33.3 Å². The second-order valence-corrected chi connectivity index (χ2v) is 6.42. The molecule has 1 aliphatic heterocycles. The number of hydrogen-bond acceptors (Lipinski definition) is 4. The first-order chi connectivity index (χ1) is 11.8. The zero-order valence-corrected chi connectivity index (χ0v) is 14.7. The maximum Gasteiger partial charge on any atom is 0.110 e. The Kier molecular flexibility index (Phi) is 6.01. The van der Waals surface area contributed by atoms with E-state index in [0.717, 1.165) is 51.4 Å². The monoisotopic (exact) mass is 328 g/mol. The molecule has 5 heteroatoms. The number of nitrogens with zero attached hydrogens (tertiary/aromatic N) is 3. The number of para-hydroxylation sites is 1. The van der Waals surface area contributed by atoms with Crippen molar-refractivity contribution in [1.29, 1.82) is 0 Å². The fourth-order valence-electron chi connectivity index (χ4n) is 3.37. The quantitative estimate of drug-likeness (QED) is 0.793. The Morgan fingerprint density at radius 3 is 2.67 bits per heavy atom. The van der Waals surface area contributed by atoms with Gasteiger partial charge < -0.3 is 15.0 Å². The van der Waals surface area contributed by atoms with E-state index in [2.05, 4.69) is 51.0 Å². The van der Waals surface area contributed by atoms with Gasteiger partial charge >= 0.3 is 0 Å². The molecular formula is C19H28N4O. The lowest BCUT2D eigenvalue weighted by atomic mass is 10.1. The van der Waals surface area contributed by atoms with E-state index in [1.54, 1.807) is 0 Å². The molecule has 0 radical (unpaired) electrons. The number of rotatable bonds is 7. The number of aromatic nitrogens is 2. The molecule has 24 heavy (non-hydrogen) atoms. The maximum absolute atomic E-state index is 5.43. The molecule has 0 atom stereocenters. The molecule has 3 rings (SSSR count). The summed E-state index contributed by atoms with van der Waals surface area (Å²) < 4.78 is 7.65. The van der Waals surface area contributed by atoms with E-state index in [1.807, 2.05) is 19.4 Å². The van der Waals surface area contributed by atoms with Crippen LogP contribution >= 0.6 is 0 Å². The number of benzene rings is 1. The number of nitrogens with one attached hydrogen (secondary N) is 1. The summed E-state index contributed by atoms with van der Waals surface area (Å²) in [6.45, 7) is 7.26. The van der Waals surface area contributed by atoms with Crippen molar-refractivity contribution in [2.45, 2.75) is 32.4 Å². The molecule has 1 aromatic heterocycles. The molecule has 0 bridgehead atoms. The summed E-state index contributed by atoms with van der Waals surface area (Å²) in [6, 6.07) is 10.4. The predicted molar refractivity (Wildman–Crippen MR) is 96.5 cm³/mol. The van der Waals surface area contributed by atoms with Crippen LogP contribution in [-0.2, 0) is 11.3 Å². The van der Waals surface area contributed by atoms with Gasteiger partial charge in [-0.25, -0.2) is 4.98 Å². The molecule has 130 valence electrons. The van der Waals surface area contributed by atoms with Crippen LogP contribution in [0.25, 0.3) is 5.69 Å². The first-order valence-electron chi connectivity index (χ1n) is 8.82. The van der Waals surface area contributed by atoms with E-state index in [9.17, 15) is 0 Å². The normalized spacial score (nSPS) is 16.6.